The molecule has 3 N–H and O–H groups in total. The number of phenolic OH excluding ortho intramolecular Hbond substituents is 1. The summed E-state index contributed by atoms with van der Waals surface area (Å²) in [4.78, 5) is 23.6. The first-order valence-electron chi connectivity index (χ1n) is 7.14. The Morgan fingerprint density at radius 1 is 1.19 bits per heavy atom. The Morgan fingerprint density at radius 3 is 2.43 bits per heavy atom. The number of carbonyl (C=O) groups excluding carboxylic acids is 1. The van der Waals surface area contributed by atoms with Gasteiger partial charge in [-0.1, -0.05) is 13.0 Å². The normalized spacial score (nSPS) is 24.8. The van der Waals surface area contributed by atoms with Crippen molar-refractivity contribution >= 4 is 17.6 Å². The van der Waals surface area contributed by atoms with Crippen molar-refractivity contribution in [2.24, 2.45) is 17.8 Å². The van der Waals surface area contributed by atoms with Crippen LogP contribution in [0.4, 0.5) is 5.69 Å². The lowest BCUT2D eigenvalue weighted by atomic mass is 9.95. The summed E-state index contributed by atoms with van der Waals surface area (Å²) >= 11 is 0. The molecular formula is C16H21NO4. The van der Waals surface area contributed by atoms with Gasteiger partial charge >= 0.3 is 5.97 Å². The molecule has 0 saturated heterocycles. The van der Waals surface area contributed by atoms with E-state index in [-0.39, 0.29) is 17.6 Å². The fourth-order valence-corrected chi connectivity index (χ4v) is 3.05. The molecule has 0 heterocycles. The number of aryl methyl sites for hydroxylation is 1. The number of benzene rings is 1. The van der Waals surface area contributed by atoms with Crippen molar-refractivity contribution in [2.75, 3.05) is 5.32 Å². The van der Waals surface area contributed by atoms with Crippen LogP contribution in [0, 0.1) is 31.6 Å². The maximum atomic E-state index is 12.4. The third-order valence-electron chi connectivity index (χ3n) is 4.34. The Morgan fingerprint density at radius 2 is 1.81 bits per heavy atom. The summed E-state index contributed by atoms with van der Waals surface area (Å²) < 4.78 is 0. The van der Waals surface area contributed by atoms with Gasteiger partial charge in [0.2, 0.25) is 5.91 Å². The van der Waals surface area contributed by atoms with Gasteiger partial charge in [0.25, 0.3) is 0 Å². The van der Waals surface area contributed by atoms with E-state index < -0.39 is 17.8 Å². The molecule has 1 aliphatic rings. The first-order valence-corrected chi connectivity index (χ1v) is 7.14. The fraction of sp³-hybridized carbons (Fsp3) is 0.500. The van der Waals surface area contributed by atoms with Crippen molar-refractivity contribution in [1.29, 1.82) is 0 Å². The molecule has 1 amide bonds. The van der Waals surface area contributed by atoms with E-state index in [2.05, 4.69) is 5.32 Å². The minimum absolute atomic E-state index is 0.155. The number of carbonyl (C=O) groups is 2. The van der Waals surface area contributed by atoms with Crippen molar-refractivity contribution in [1.82, 2.24) is 0 Å². The number of rotatable bonds is 3. The molecule has 21 heavy (non-hydrogen) atoms. The Labute approximate surface area is 124 Å². The van der Waals surface area contributed by atoms with E-state index >= 15 is 0 Å². The van der Waals surface area contributed by atoms with Gasteiger partial charge < -0.3 is 15.5 Å². The van der Waals surface area contributed by atoms with Crippen LogP contribution < -0.4 is 5.32 Å². The molecule has 1 aliphatic carbocycles. The third-order valence-corrected chi connectivity index (χ3v) is 4.34. The maximum Gasteiger partial charge on any atom is 0.307 e. The van der Waals surface area contributed by atoms with Crippen LogP contribution >= 0.6 is 0 Å². The maximum absolute atomic E-state index is 12.4. The lowest BCUT2D eigenvalue weighted by Crippen LogP contribution is -2.30. The number of aliphatic carboxylic acids is 1. The first-order chi connectivity index (χ1) is 9.81. The van der Waals surface area contributed by atoms with Crippen LogP contribution in [0.25, 0.3) is 0 Å². The smallest absolute Gasteiger partial charge is 0.307 e. The lowest BCUT2D eigenvalue weighted by molar-refractivity contribution is -0.145. The van der Waals surface area contributed by atoms with Crippen LogP contribution in [0.5, 0.6) is 5.75 Å². The average molecular weight is 291 g/mol. The molecule has 3 unspecified atom stereocenters. The molecule has 0 aliphatic heterocycles. The predicted octanol–water partition coefficient (Wildman–Crippen LogP) is 2.69. The number of amides is 1. The number of hydrogen-bond donors (Lipinski definition) is 3. The number of phenols is 1. The summed E-state index contributed by atoms with van der Waals surface area (Å²) in [7, 11) is 0. The minimum Gasteiger partial charge on any atom is -0.507 e. The Bertz CT molecular complexity index is 582. The van der Waals surface area contributed by atoms with E-state index in [1.807, 2.05) is 6.92 Å². The number of carboxylic acids is 1. The molecule has 5 heteroatoms. The molecule has 1 aromatic carbocycles. The van der Waals surface area contributed by atoms with Gasteiger partial charge in [-0.3, -0.25) is 9.59 Å². The molecule has 2 rings (SSSR count). The first kappa shape index (κ1) is 15.4. The molecule has 0 bridgehead atoms. The van der Waals surface area contributed by atoms with E-state index in [9.17, 15) is 19.8 Å². The Hall–Kier alpha value is -2.04. The second kappa shape index (κ2) is 5.76. The zero-order valence-electron chi connectivity index (χ0n) is 12.5. The van der Waals surface area contributed by atoms with E-state index in [1.54, 1.807) is 26.0 Å². The Kier molecular flexibility index (Phi) is 4.21. The van der Waals surface area contributed by atoms with Gasteiger partial charge in [-0.25, -0.2) is 0 Å². The van der Waals surface area contributed by atoms with Crippen molar-refractivity contribution in [2.45, 2.75) is 33.6 Å². The fourth-order valence-electron chi connectivity index (χ4n) is 3.05. The summed E-state index contributed by atoms with van der Waals surface area (Å²) in [6.07, 6.45) is 1.12. The van der Waals surface area contributed by atoms with Gasteiger partial charge in [-0.05, 0) is 44.2 Å². The van der Waals surface area contributed by atoms with Crippen molar-refractivity contribution in [3.63, 3.8) is 0 Å². The summed E-state index contributed by atoms with van der Waals surface area (Å²) in [6.45, 7) is 5.48. The summed E-state index contributed by atoms with van der Waals surface area (Å²) in [5.41, 5.74) is 1.87. The zero-order valence-corrected chi connectivity index (χ0v) is 12.5. The van der Waals surface area contributed by atoms with E-state index in [4.69, 9.17) is 0 Å². The van der Waals surface area contributed by atoms with Crippen LogP contribution in [0.1, 0.15) is 30.9 Å². The number of carboxylic acid groups (broad SMARTS) is 1. The zero-order chi connectivity index (χ0) is 15.7. The van der Waals surface area contributed by atoms with Crippen LogP contribution in [-0.4, -0.2) is 22.1 Å². The molecule has 114 valence electrons. The minimum atomic E-state index is -0.914. The number of aromatic hydroxyl groups is 1. The standard InChI is InChI=1S/C16H21NO4/c1-8-6-11(12(7-8)16(20)21)15(19)17-13-5-4-9(2)14(18)10(13)3/h4-5,8,11-12,18H,6-7H2,1-3H3,(H,17,19)(H,20,21). The van der Waals surface area contributed by atoms with Crippen molar-refractivity contribution in [3.05, 3.63) is 23.3 Å². The molecule has 0 aromatic heterocycles. The monoisotopic (exact) mass is 291 g/mol. The molecule has 5 nitrogen and oxygen atoms in total. The van der Waals surface area contributed by atoms with E-state index in [1.165, 1.54) is 0 Å². The molecule has 1 aromatic rings. The molecule has 0 spiro atoms. The Balaban J connectivity index is 2.18. The largest absolute Gasteiger partial charge is 0.507 e. The van der Waals surface area contributed by atoms with Crippen LogP contribution in [0.3, 0.4) is 0 Å². The number of hydrogen-bond acceptors (Lipinski definition) is 3. The van der Waals surface area contributed by atoms with Crippen molar-refractivity contribution < 1.29 is 19.8 Å². The molecule has 1 saturated carbocycles. The van der Waals surface area contributed by atoms with Crippen molar-refractivity contribution in [3.8, 4) is 5.75 Å². The summed E-state index contributed by atoms with van der Waals surface area (Å²) in [5.74, 6) is -1.95. The lowest BCUT2D eigenvalue weighted by Gasteiger charge is -2.17. The molecular weight excluding hydrogens is 270 g/mol. The average Bonchev–Trinajstić information content (AvgIpc) is 2.82. The van der Waals surface area contributed by atoms with Gasteiger partial charge in [0.05, 0.1) is 11.8 Å². The number of nitrogens with one attached hydrogen (secondary N) is 1. The predicted molar refractivity (Wildman–Crippen MR) is 79.2 cm³/mol. The number of anilines is 1. The second-order valence-corrected chi connectivity index (χ2v) is 6.02. The topological polar surface area (TPSA) is 86.6 Å². The van der Waals surface area contributed by atoms with Gasteiger partial charge in [-0.15, -0.1) is 0 Å². The van der Waals surface area contributed by atoms with E-state index in [0.717, 1.165) is 5.56 Å². The molecule has 3 atom stereocenters. The third kappa shape index (κ3) is 3.01. The second-order valence-electron chi connectivity index (χ2n) is 6.02. The molecule has 1 fully saturated rings. The highest BCUT2D eigenvalue weighted by atomic mass is 16.4. The quantitative estimate of drug-likeness (QED) is 0.799. The highest BCUT2D eigenvalue weighted by molar-refractivity contribution is 5.96. The van der Waals surface area contributed by atoms with Gasteiger partial charge in [-0.2, -0.15) is 0 Å². The van der Waals surface area contributed by atoms with Gasteiger partial charge in [0, 0.05) is 11.3 Å². The van der Waals surface area contributed by atoms with E-state index in [0.29, 0.717) is 24.1 Å². The van der Waals surface area contributed by atoms with Gasteiger partial charge in [0.15, 0.2) is 0 Å². The highest BCUT2D eigenvalue weighted by Crippen LogP contribution is 2.37. The summed E-state index contributed by atoms with van der Waals surface area (Å²) in [6, 6.07) is 3.46. The van der Waals surface area contributed by atoms with Crippen LogP contribution in [0.15, 0.2) is 12.1 Å². The SMILES string of the molecule is Cc1ccc(NC(=O)C2CC(C)CC2C(=O)O)c(C)c1O. The van der Waals surface area contributed by atoms with Crippen LogP contribution in [0.2, 0.25) is 0 Å². The molecule has 0 radical (unpaired) electrons. The van der Waals surface area contributed by atoms with Gasteiger partial charge in [0.1, 0.15) is 5.75 Å². The summed E-state index contributed by atoms with van der Waals surface area (Å²) in [5, 5.41) is 21.9. The van der Waals surface area contributed by atoms with Crippen LogP contribution in [-0.2, 0) is 9.59 Å². The highest BCUT2D eigenvalue weighted by Gasteiger charge is 2.41.